The van der Waals surface area contributed by atoms with E-state index in [0.29, 0.717) is 23.6 Å². The molecule has 1 atom stereocenters. The van der Waals surface area contributed by atoms with E-state index in [1.54, 1.807) is 4.31 Å². The number of halogens is 1. The van der Waals surface area contributed by atoms with Gasteiger partial charge in [0, 0.05) is 19.1 Å². The first-order valence-electron chi connectivity index (χ1n) is 8.36. The molecule has 0 aromatic carbocycles. The van der Waals surface area contributed by atoms with Crippen molar-refractivity contribution in [2.75, 3.05) is 25.4 Å². The van der Waals surface area contributed by atoms with Crippen LogP contribution in [0.3, 0.4) is 0 Å². The lowest BCUT2D eigenvalue weighted by atomic mass is 9.89. The van der Waals surface area contributed by atoms with Gasteiger partial charge in [0.2, 0.25) is 10.0 Å². The average molecular weight is 337 g/mol. The molecule has 0 amide bonds. The van der Waals surface area contributed by atoms with E-state index in [1.807, 2.05) is 0 Å². The summed E-state index contributed by atoms with van der Waals surface area (Å²) in [7, 11) is -3.00. The van der Waals surface area contributed by atoms with Crippen LogP contribution in [0.1, 0.15) is 51.4 Å². The first-order valence-corrected chi connectivity index (χ1v) is 9.97. The minimum Gasteiger partial charge on any atom is -0.314 e. The fourth-order valence-corrected chi connectivity index (χ4v) is 6.16. The largest absolute Gasteiger partial charge is 0.314 e. The second kappa shape index (κ2) is 7.62. The summed E-state index contributed by atoms with van der Waals surface area (Å²) in [5.41, 5.74) is 0. The molecule has 2 heterocycles. The zero-order valence-corrected chi connectivity index (χ0v) is 14.4. The van der Waals surface area contributed by atoms with Gasteiger partial charge in [0.15, 0.2) is 0 Å². The second-order valence-corrected chi connectivity index (χ2v) is 8.88. The molecule has 3 aliphatic rings. The molecule has 3 rings (SSSR count). The molecule has 1 unspecified atom stereocenters. The smallest absolute Gasteiger partial charge is 0.214 e. The summed E-state index contributed by atoms with van der Waals surface area (Å²) in [6, 6.07) is 0.648. The van der Waals surface area contributed by atoms with E-state index in [9.17, 15) is 8.42 Å². The first kappa shape index (κ1) is 17.5. The number of sulfonamides is 1. The standard InChI is InChI=1S/C15H28N2O2S.ClH/c18-20(19,12-13-4-1-2-5-13)17-10-7-14(8-11-17)15-6-3-9-16-15;/h13-16H,1-12H2;1H. The third kappa shape index (κ3) is 4.34. The van der Waals surface area contributed by atoms with E-state index in [0.717, 1.165) is 45.3 Å². The maximum Gasteiger partial charge on any atom is 0.214 e. The first-order chi connectivity index (χ1) is 9.65. The molecule has 0 bridgehead atoms. The fraction of sp³-hybridized carbons (Fsp3) is 1.00. The molecular formula is C15H29ClN2O2S. The topological polar surface area (TPSA) is 49.4 Å². The molecule has 4 nitrogen and oxygen atoms in total. The van der Waals surface area contributed by atoms with Crippen molar-refractivity contribution >= 4 is 22.4 Å². The van der Waals surface area contributed by atoms with Crippen molar-refractivity contribution in [3.05, 3.63) is 0 Å². The molecule has 0 aromatic heterocycles. The van der Waals surface area contributed by atoms with Crippen LogP contribution >= 0.6 is 12.4 Å². The van der Waals surface area contributed by atoms with E-state index in [1.165, 1.54) is 25.7 Å². The minimum atomic E-state index is -3.00. The highest BCUT2D eigenvalue weighted by Crippen LogP contribution is 2.30. The normalized spacial score (nSPS) is 29.6. The SMILES string of the molecule is Cl.O=S(=O)(CC1CCCC1)N1CCC(C2CCCN2)CC1. The molecule has 1 N–H and O–H groups in total. The lowest BCUT2D eigenvalue weighted by molar-refractivity contribution is 0.233. The summed E-state index contributed by atoms with van der Waals surface area (Å²) in [6.07, 6.45) is 9.31. The zero-order chi connectivity index (χ0) is 14.0. The molecule has 0 spiro atoms. The van der Waals surface area contributed by atoms with Crippen molar-refractivity contribution in [2.24, 2.45) is 11.8 Å². The quantitative estimate of drug-likeness (QED) is 0.857. The number of nitrogens with one attached hydrogen (secondary N) is 1. The van der Waals surface area contributed by atoms with Gasteiger partial charge in [-0.15, -0.1) is 12.4 Å². The molecule has 124 valence electrons. The molecule has 0 aromatic rings. The van der Waals surface area contributed by atoms with Crippen LogP contribution in [0.25, 0.3) is 0 Å². The molecule has 1 saturated carbocycles. The Morgan fingerprint density at radius 3 is 2.19 bits per heavy atom. The van der Waals surface area contributed by atoms with Crippen molar-refractivity contribution in [3.8, 4) is 0 Å². The van der Waals surface area contributed by atoms with E-state index >= 15 is 0 Å². The Balaban J connectivity index is 0.00000161. The lowest BCUT2D eigenvalue weighted by Gasteiger charge is -2.34. The number of hydrogen-bond donors (Lipinski definition) is 1. The summed E-state index contributed by atoms with van der Waals surface area (Å²) in [5, 5.41) is 3.57. The number of nitrogens with zero attached hydrogens (tertiary/aromatic N) is 1. The van der Waals surface area contributed by atoms with Crippen LogP contribution in [-0.4, -0.2) is 44.2 Å². The zero-order valence-electron chi connectivity index (χ0n) is 12.8. The minimum absolute atomic E-state index is 0. The van der Waals surface area contributed by atoms with Gasteiger partial charge in [-0.2, -0.15) is 0 Å². The predicted octanol–water partition coefficient (Wildman–Crippen LogP) is 2.39. The van der Waals surface area contributed by atoms with E-state index < -0.39 is 10.0 Å². The monoisotopic (exact) mass is 336 g/mol. The highest BCUT2D eigenvalue weighted by atomic mass is 35.5. The van der Waals surface area contributed by atoms with Gasteiger partial charge in [-0.05, 0) is 56.9 Å². The summed E-state index contributed by atoms with van der Waals surface area (Å²) in [6.45, 7) is 2.64. The molecule has 2 saturated heterocycles. The molecule has 6 heteroatoms. The van der Waals surface area contributed by atoms with Crippen molar-refractivity contribution < 1.29 is 8.42 Å². The third-order valence-electron chi connectivity index (χ3n) is 5.48. The van der Waals surface area contributed by atoms with Crippen LogP contribution < -0.4 is 5.32 Å². The summed E-state index contributed by atoms with van der Waals surface area (Å²) < 4.78 is 26.7. The van der Waals surface area contributed by atoms with Gasteiger partial charge in [-0.3, -0.25) is 0 Å². The van der Waals surface area contributed by atoms with Gasteiger partial charge in [-0.1, -0.05) is 12.8 Å². The number of hydrogen-bond acceptors (Lipinski definition) is 3. The van der Waals surface area contributed by atoms with Crippen molar-refractivity contribution in [2.45, 2.75) is 57.4 Å². The van der Waals surface area contributed by atoms with Gasteiger partial charge in [0.05, 0.1) is 5.75 Å². The van der Waals surface area contributed by atoms with Crippen molar-refractivity contribution in [3.63, 3.8) is 0 Å². The number of piperidine rings is 1. The Morgan fingerprint density at radius 2 is 1.62 bits per heavy atom. The number of rotatable bonds is 4. The van der Waals surface area contributed by atoms with Crippen LogP contribution in [-0.2, 0) is 10.0 Å². The van der Waals surface area contributed by atoms with Gasteiger partial charge in [0.25, 0.3) is 0 Å². The van der Waals surface area contributed by atoms with Crippen LogP contribution in [0.15, 0.2) is 0 Å². The van der Waals surface area contributed by atoms with Gasteiger partial charge < -0.3 is 5.32 Å². The van der Waals surface area contributed by atoms with Gasteiger partial charge >= 0.3 is 0 Å². The van der Waals surface area contributed by atoms with E-state index in [4.69, 9.17) is 0 Å². The predicted molar refractivity (Wildman–Crippen MR) is 88.3 cm³/mol. The molecule has 0 radical (unpaired) electrons. The Bertz CT molecular complexity index is 409. The summed E-state index contributed by atoms with van der Waals surface area (Å²) >= 11 is 0. The van der Waals surface area contributed by atoms with E-state index in [-0.39, 0.29) is 12.4 Å². The molecule has 2 aliphatic heterocycles. The fourth-order valence-electron chi connectivity index (χ4n) is 4.25. The maximum atomic E-state index is 12.5. The molecular weight excluding hydrogens is 308 g/mol. The summed E-state index contributed by atoms with van der Waals surface area (Å²) in [4.78, 5) is 0. The Labute approximate surface area is 135 Å². The molecule has 3 fully saturated rings. The Hall–Kier alpha value is 0.160. The highest BCUT2D eigenvalue weighted by Gasteiger charge is 2.34. The van der Waals surface area contributed by atoms with E-state index in [2.05, 4.69) is 5.32 Å². The maximum absolute atomic E-state index is 12.5. The molecule has 1 aliphatic carbocycles. The Morgan fingerprint density at radius 1 is 0.952 bits per heavy atom. The molecule has 21 heavy (non-hydrogen) atoms. The third-order valence-corrected chi connectivity index (χ3v) is 7.53. The van der Waals surface area contributed by atoms with Crippen LogP contribution in [0.2, 0.25) is 0 Å². The Kier molecular flexibility index (Phi) is 6.36. The lowest BCUT2D eigenvalue weighted by Crippen LogP contribution is -2.44. The van der Waals surface area contributed by atoms with Crippen molar-refractivity contribution in [1.82, 2.24) is 9.62 Å². The highest BCUT2D eigenvalue weighted by molar-refractivity contribution is 7.89. The second-order valence-electron chi connectivity index (χ2n) is 6.87. The van der Waals surface area contributed by atoms with Crippen LogP contribution in [0, 0.1) is 11.8 Å². The van der Waals surface area contributed by atoms with Crippen LogP contribution in [0.4, 0.5) is 0 Å². The van der Waals surface area contributed by atoms with Crippen molar-refractivity contribution in [1.29, 1.82) is 0 Å². The van der Waals surface area contributed by atoms with Gasteiger partial charge in [0.1, 0.15) is 0 Å². The van der Waals surface area contributed by atoms with Crippen LogP contribution in [0.5, 0.6) is 0 Å². The average Bonchev–Trinajstić information content (AvgIpc) is 3.11. The van der Waals surface area contributed by atoms with Gasteiger partial charge in [-0.25, -0.2) is 12.7 Å². The summed E-state index contributed by atoms with van der Waals surface area (Å²) in [5.74, 6) is 1.52.